The Bertz CT molecular complexity index is 1010. The van der Waals surface area contributed by atoms with E-state index in [2.05, 4.69) is 10.3 Å². The van der Waals surface area contributed by atoms with Crippen LogP contribution in [0.1, 0.15) is 29.2 Å². The quantitative estimate of drug-likeness (QED) is 0.615. The van der Waals surface area contributed by atoms with Gasteiger partial charge in [0.15, 0.2) is 0 Å². The number of rotatable bonds is 6. The summed E-state index contributed by atoms with van der Waals surface area (Å²) < 4.78 is 5.77. The van der Waals surface area contributed by atoms with E-state index in [4.69, 9.17) is 4.74 Å². The van der Waals surface area contributed by atoms with Gasteiger partial charge in [-0.25, -0.2) is 4.79 Å². The van der Waals surface area contributed by atoms with Crippen LogP contribution >= 0.6 is 0 Å². The minimum Gasteiger partial charge on any atom is -0.480 e. The number of carboxylic acid groups (broad SMARTS) is 1. The molecule has 0 aliphatic carbocycles. The molecule has 2 heterocycles. The fourth-order valence-corrected chi connectivity index (χ4v) is 3.79. The first-order valence-corrected chi connectivity index (χ1v) is 9.38. The van der Waals surface area contributed by atoms with E-state index < -0.39 is 12.0 Å². The Balaban J connectivity index is 1.45. The van der Waals surface area contributed by atoms with Crippen LogP contribution in [0.4, 0.5) is 0 Å². The number of aromatic nitrogens is 1. The van der Waals surface area contributed by atoms with Crippen LogP contribution in [-0.4, -0.2) is 34.6 Å². The van der Waals surface area contributed by atoms with Crippen molar-refractivity contribution in [2.45, 2.75) is 31.4 Å². The van der Waals surface area contributed by atoms with E-state index in [1.165, 1.54) is 5.56 Å². The van der Waals surface area contributed by atoms with Crippen LogP contribution in [0, 0.1) is 0 Å². The van der Waals surface area contributed by atoms with Crippen molar-refractivity contribution in [3.8, 4) is 0 Å². The van der Waals surface area contributed by atoms with E-state index in [-0.39, 0.29) is 24.9 Å². The maximum Gasteiger partial charge on any atom is 0.326 e. The summed E-state index contributed by atoms with van der Waals surface area (Å²) in [6.45, 7) is 0.562. The third kappa shape index (κ3) is 3.77. The lowest BCUT2D eigenvalue weighted by Gasteiger charge is -2.26. The normalized spacial score (nSPS) is 17.1. The van der Waals surface area contributed by atoms with Gasteiger partial charge in [0.05, 0.1) is 19.1 Å². The molecule has 3 aromatic rings. The van der Waals surface area contributed by atoms with Gasteiger partial charge in [0.2, 0.25) is 5.91 Å². The van der Waals surface area contributed by atoms with Crippen LogP contribution in [0.25, 0.3) is 10.9 Å². The summed E-state index contributed by atoms with van der Waals surface area (Å²) in [4.78, 5) is 27.4. The lowest BCUT2D eigenvalue weighted by atomic mass is 9.95. The van der Waals surface area contributed by atoms with Crippen LogP contribution in [0.5, 0.6) is 0 Å². The average molecular weight is 378 g/mol. The summed E-state index contributed by atoms with van der Waals surface area (Å²) in [5.41, 5.74) is 4.00. The number of hydrogen-bond donors (Lipinski definition) is 3. The van der Waals surface area contributed by atoms with Gasteiger partial charge in [-0.3, -0.25) is 4.79 Å². The van der Waals surface area contributed by atoms with Crippen molar-refractivity contribution in [3.63, 3.8) is 0 Å². The minimum atomic E-state index is -1.05. The molecule has 1 aliphatic heterocycles. The van der Waals surface area contributed by atoms with Gasteiger partial charge in [0, 0.05) is 23.5 Å². The first-order chi connectivity index (χ1) is 13.6. The molecular formula is C22H22N2O4. The molecule has 2 atom stereocenters. The SMILES string of the molecule is O=C(C[C@H]1OCCc2ccccc21)N[C@H](Cc1c[nH]c2ccccc12)C(=O)O. The molecule has 1 amide bonds. The van der Waals surface area contributed by atoms with Crippen molar-refractivity contribution in [2.75, 3.05) is 6.61 Å². The summed E-state index contributed by atoms with van der Waals surface area (Å²) in [5, 5.41) is 13.2. The predicted molar refractivity (Wildman–Crippen MR) is 105 cm³/mol. The Kier molecular flexibility index (Phi) is 5.12. The van der Waals surface area contributed by atoms with Crippen LogP contribution in [-0.2, 0) is 27.2 Å². The molecule has 0 unspecified atom stereocenters. The fraction of sp³-hybridized carbons (Fsp3) is 0.273. The summed E-state index contributed by atoms with van der Waals surface area (Å²) >= 11 is 0. The number of amides is 1. The van der Waals surface area contributed by atoms with E-state index >= 15 is 0 Å². The first kappa shape index (κ1) is 18.3. The van der Waals surface area contributed by atoms with Crippen molar-refractivity contribution in [3.05, 3.63) is 71.4 Å². The highest BCUT2D eigenvalue weighted by Crippen LogP contribution is 2.29. The molecule has 0 spiro atoms. The zero-order chi connectivity index (χ0) is 19.5. The number of ether oxygens (including phenoxy) is 1. The summed E-state index contributed by atoms with van der Waals surface area (Å²) in [7, 11) is 0. The number of carboxylic acids is 1. The molecule has 0 bridgehead atoms. The average Bonchev–Trinajstić information content (AvgIpc) is 3.11. The Morgan fingerprint density at radius 1 is 1.18 bits per heavy atom. The topological polar surface area (TPSA) is 91.4 Å². The number of H-pyrrole nitrogens is 1. The lowest BCUT2D eigenvalue weighted by molar-refractivity contribution is -0.142. The van der Waals surface area contributed by atoms with E-state index in [9.17, 15) is 14.7 Å². The van der Waals surface area contributed by atoms with Crippen LogP contribution in [0.3, 0.4) is 0 Å². The zero-order valence-corrected chi connectivity index (χ0v) is 15.4. The molecule has 6 nitrogen and oxygen atoms in total. The van der Waals surface area contributed by atoms with Gasteiger partial charge in [0.1, 0.15) is 6.04 Å². The summed E-state index contributed by atoms with van der Waals surface area (Å²) in [5.74, 6) is -1.38. The van der Waals surface area contributed by atoms with Crippen LogP contribution in [0.15, 0.2) is 54.7 Å². The molecule has 0 fully saturated rings. The van der Waals surface area contributed by atoms with Crippen molar-refractivity contribution in [1.29, 1.82) is 0 Å². The molecule has 0 radical (unpaired) electrons. The molecular weight excluding hydrogens is 356 g/mol. The number of benzene rings is 2. The fourth-order valence-electron chi connectivity index (χ4n) is 3.79. The van der Waals surface area contributed by atoms with Crippen molar-refractivity contribution in [2.24, 2.45) is 0 Å². The highest BCUT2D eigenvalue weighted by Gasteiger charge is 2.26. The highest BCUT2D eigenvalue weighted by atomic mass is 16.5. The van der Waals surface area contributed by atoms with Crippen molar-refractivity contribution in [1.82, 2.24) is 10.3 Å². The zero-order valence-electron chi connectivity index (χ0n) is 15.4. The minimum absolute atomic E-state index is 0.106. The Morgan fingerprint density at radius 3 is 2.82 bits per heavy atom. The molecule has 0 saturated heterocycles. The van der Waals surface area contributed by atoms with Gasteiger partial charge in [-0.2, -0.15) is 0 Å². The molecule has 2 aromatic carbocycles. The Labute approximate surface area is 162 Å². The van der Waals surface area contributed by atoms with Gasteiger partial charge >= 0.3 is 5.97 Å². The molecule has 144 valence electrons. The number of fused-ring (bicyclic) bond motifs is 2. The monoisotopic (exact) mass is 378 g/mol. The second-order valence-corrected chi connectivity index (χ2v) is 7.03. The second-order valence-electron chi connectivity index (χ2n) is 7.03. The first-order valence-electron chi connectivity index (χ1n) is 9.38. The van der Waals surface area contributed by atoms with E-state index in [1.54, 1.807) is 6.20 Å². The Morgan fingerprint density at radius 2 is 1.96 bits per heavy atom. The maximum atomic E-state index is 12.6. The lowest BCUT2D eigenvalue weighted by Crippen LogP contribution is -2.43. The number of aromatic amines is 1. The van der Waals surface area contributed by atoms with Gasteiger partial charge in [-0.1, -0.05) is 42.5 Å². The number of aliphatic carboxylic acids is 1. The van der Waals surface area contributed by atoms with Crippen molar-refractivity contribution >= 4 is 22.8 Å². The number of nitrogens with one attached hydrogen (secondary N) is 2. The highest BCUT2D eigenvalue weighted by molar-refractivity contribution is 5.86. The number of hydrogen-bond acceptors (Lipinski definition) is 3. The smallest absolute Gasteiger partial charge is 0.326 e. The predicted octanol–water partition coefficient (Wildman–Crippen LogP) is 2.98. The van der Waals surface area contributed by atoms with Gasteiger partial charge < -0.3 is 20.1 Å². The van der Waals surface area contributed by atoms with Gasteiger partial charge in [-0.15, -0.1) is 0 Å². The summed E-state index contributed by atoms with van der Waals surface area (Å²) in [6, 6.07) is 14.6. The third-order valence-corrected chi connectivity index (χ3v) is 5.20. The number of carbonyl (C=O) groups excluding carboxylic acids is 1. The maximum absolute atomic E-state index is 12.6. The van der Waals surface area contributed by atoms with E-state index in [1.807, 2.05) is 48.5 Å². The van der Waals surface area contributed by atoms with E-state index in [0.29, 0.717) is 6.61 Å². The Hall–Kier alpha value is -3.12. The standard InChI is InChI=1S/C22H22N2O4/c25-21(12-20-17-7-2-1-5-14(17)9-10-28-20)24-19(22(26)27)11-15-13-23-18-8-4-3-6-16(15)18/h1-8,13,19-20,23H,9-12H2,(H,24,25)(H,26,27)/t19-,20-/m1/s1. The molecule has 3 N–H and O–H groups in total. The van der Waals surface area contributed by atoms with Crippen LogP contribution < -0.4 is 5.32 Å². The molecule has 6 heteroatoms. The molecule has 0 saturated carbocycles. The summed E-state index contributed by atoms with van der Waals surface area (Å²) in [6.07, 6.45) is 2.61. The molecule has 1 aromatic heterocycles. The van der Waals surface area contributed by atoms with Crippen molar-refractivity contribution < 1.29 is 19.4 Å². The number of carbonyl (C=O) groups is 2. The second kappa shape index (κ2) is 7.86. The number of para-hydroxylation sites is 1. The molecule has 28 heavy (non-hydrogen) atoms. The van der Waals surface area contributed by atoms with Gasteiger partial charge in [0.25, 0.3) is 0 Å². The van der Waals surface area contributed by atoms with Gasteiger partial charge in [-0.05, 0) is 29.2 Å². The largest absolute Gasteiger partial charge is 0.480 e. The van der Waals surface area contributed by atoms with E-state index in [0.717, 1.165) is 28.5 Å². The molecule has 1 aliphatic rings. The van der Waals surface area contributed by atoms with Crippen LogP contribution in [0.2, 0.25) is 0 Å². The molecule has 4 rings (SSSR count). The third-order valence-electron chi connectivity index (χ3n) is 5.20.